The van der Waals surface area contributed by atoms with Crippen molar-refractivity contribution in [2.24, 2.45) is 4.99 Å². The predicted octanol–water partition coefficient (Wildman–Crippen LogP) is 2.56. The number of aliphatic hydroxyl groups is 1. The first-order chi connectivity index (χ1) is 12.4. The standard InChI is InChI=1S/C19H24N2O5/c1-5-25-18(23)15(17(22)14-10-8-7-9-11-14)12-20-16(13-21(3)4)19(24)26-6-2/h7-13,22H,5-6H2,1-4H3/b16-13-,17-15+,20-12+. The largest absolute Gasteiger partial charge is 0.506 e. The molecule has 0 heterocycles. The van der Waals surface area contributed by atoms with Gasteiger partial charge in [-0.15, -0.1) is 0 Å². The van der Waals surface area contributed by atoms with Crippen LogP contribution in [0, 0.1) is 0 Å². The summed E-state index contributed by atoms with van der Waals surface area (Å²) < 4.78 is 9.92. The van der Waals surface area contributed by atoms with E-state index in [0.29, 0.717) is 5.56 Å². The molecule has 7 heteroatoms. The van der Waals surface area contributed by atoms with E-state index in [9.17, 15) is 14.7 Å². The van der Waals surface area contributed by atoms with Crippen LogP contribution in [-0.2, 0) is 19.1 Å². The molecule has 0 fully saturated rings. The van der Waals surface area contributed by atoms with Crippen molar-refractivity contribution >= 4 is 23.9 Å². The van der Waals surface area contributed by atoms with E-state index in [1.807, 2.05) is 0 Å². The Bertz CT molecular complexity index is 706. The monoisotopic (exact) mass is 360 g/mol. The van der Waals surface area contributed by atoms with Crippen LogP contribution in [0.1, 0.15) is 19.4 Å². The molecule has 0 saturated heterocycles. The fourth-order valence-electron chi connectivity index (χ4n) is 1.89. The summed E-state index contributed by atoms with van der Waals surface area (Å²) in [6.07, 6.45) is 2.56. The summed E-state index contributed by atoms with van der Waals surface area (Å²) in [6, 6.07) is 8.52. The molecule has 0 radical (unpaired) electrons. The summed E-state index contributed by atoms with van der Waals surface area (Å²) in [7, 11) is 3.44. The first kappa shape index (κ1) is 21.0. The number of hydrogen-bond donors (Lipinski definition) is 1. The molecule has 7 nitrogen and oxygen atoms in total. The lowest BCUT2D eigenvalue weighted by molar-refractivity contribution is -0.139. The van der Waals surface area contributed by atoms with Gasteiger partial charge in [0.2, 0.25) is 0 Å². The average Bonchev–Trinajstić information content (AvgIpc) is 2.61. The third-order valence-corrected chi connectivity index (χ3v) is 3.00. The van der Waals surface area contributed by atoms with Gasteiger partial charge in [-0.25, -0.2) is 14.6 Å². The van der Waals surface area contributed by atoms with E-state index in [0.717, 1.165) is 6.21 Å². The minimum Gasteiger partial charge on any atom is -0.506 e. The Hall–Kier alpha value is -3.09. The molecular weight excluding hydrogens is 336 g/mol. The van der Waals surface area contributed by atoms with Gasteiger partial charge in [-0.2, -0.15) is 0 Å². The van der Waals surface area contributed by atoms with Crippen LogP contribution in [-0.4, -0.2) is 55.5 Å². The van der Waals surface area contributed by atoms with Gasteiger partial charge in [0.25, 0.3) is 0 Å². The summed E-state index contributed by atoms with van der Waals surface area (Å²) in [4.78, 5) is 29.9. The van der Waals surface area contributed by atoms with Gasteiger partial charge in [-0.3, -0.25) is 0 Å². The van der Waals surface area contributed by atoms with Crippen LogP contribution < -0.4 is 0 Å². The Morgan fingerprint density at radius 3 is 2.19 bits per heavy atom. The van der Waals surface area contributed by atoms with E-state index in [1.165, 1.54) is 6.20 Å². The molecule has 1 N–H and O–H groups in total. The van der Waals surface area contributed by atoms with Crippen molar-refractivity contribution < 1.29 is 24.2 Å². The third-order valence-electron chi connectivity index (χ3n) is 3.00. The van der Waals surface area contributed by atoms with Crippen LogP contribution >= 0.6 is 0 Å². The number of carbonyl (C=O) groups is 2. The van der Waals surface area contributed by atoms with E-state index < -0.39 is 11.9 Å². The normalized spacial score (nSPS) is 12.5. The van der Waals surface area contributed by atoms with Gasteiger partial charge in [0.05, 0.1) is 13.2 Å². The second-order valence-corrected chi connectivity index (χ2v) is 5.31. The Kier molecular flexibility index (Phi) is 8.63. The predicted molar refractivity (Wildman–Crippen MR) is 99.5 cm³/mol. The van der Waals surface area contributed by atoms with Gasteiger partial charge in [0.1, 0.15) is 11.3 Å². The van der Waals surface area contributed by atoms with E-state index in [2.05, 4.69) is 4.99 Å². The lowest BCUT2D eigenvalue weighted by Crippen LogP contribution is -2.14. The molecule has 0 unspecified atom stereocenters. The Balaban J connectivity index is 3.32. The van der Waals surface area contributed by atoms with Gasteiger partial charge < -0.3 is 19.5 Å². The van der Waals surface area contributed by atoms with E-state index in [1.54, 1.807) is 63.2 Å². The highest BCUT2D eigenvalue weighted by Crippen LogP contribution is 2.16. The second kappa shape index (κ2) is 10.7. The van der Waals surface area contributed by atoms with E-state index >= 15 is 0 Å². The van der Waals surface area contributed by atoms with Crippen molar-refractivity contribution in [3.05, 3.63) is 53.4 Å². The number of rotatable bonds is 8. The van der Waals surface area contributed by atoms with Crippen molar-refractivity contribution in [3.8, 4) is 0 Å². The minimum absolute atomic E-state index is 0.0143. The SMILES string of the molecule is CCOC(=O)C(=C/N(C)C)/N=C/C(C(=O)OCC)=C(\O)c1ccccc1. The lowest BCUT2D eigenvalue weighted by atomic mass is 10.1. The van der Waals surface area contributed by atoms with Gasteiger partial charge in [0, 0.05) is 32.1 Å². The maximum atomic E-state index is 12.2. The Labute approximate surface area is 153 Å². The molecule has 0 bridgehead atoms. The molecule has 0 amide bonds. The molecule has 1 aromatic carbocycles. The highest BCUT2D eigenvalue weighted by Gasteiger charge is 2.17. The number of nitrogens with zero attached hydrogens (tertiary/aromatic N) is 2. The summed E-state index contributed by atoms with van der Waals surface area (Å²) in [5.41, 5.74) is 0.253. The number of esters is 2. The number of aliphatic hydroxyl groups excluding tert-OH is 1. The van der Waals surface area contributed by atoms with Crippen LogP contribution in [0.5, 0.6) is 0 Å². The summed E-state index contributed by atoms with van der Waals surface area (Å²) >= 11 is 0. The van der Waals surface area contributed by atoms with Gasteiger partial charge in [-0.1, -0.05) is 30.3 Å². The molecule has 0 aliphatic rings. The quantitative estimate of drug-likeness (QED) is 0.332. The second-order valence-electron chi connectivity index (χ2n) is 5.31. The zero-order chi connectivity index (χ0) is 19.5. The lowest BCUT2D eigenvalue weighted by Gasteiger charge is -2.09. The fraction of sp³-hybridized carbons (Fsp3) is 0.316. The number of benzene rings is 1. The molecule has 0 spiro atoms. The average molecular weight is 360 g/mol. The molecular formula is C19H24N2O5. The van der Waals surface area contributed by atoms with Gasteiger partial charge >= 0.3 is 11.9 Å². The summed E-state index contributed by atoms with van der Waals surface area (Å²) in [5.74, 6) is -1.67. The van der Waals surface area contributed by atoms with Gasteiger partial charge in [-0.05, 0) is 13.8 Å². The minimum atomic E-state index is -0.745. The van der Waals surface area contributed by atoms with Crippen molar-refractivity contribution in [1.82, 2.24) is 4.90 Å². The fourth-order valence-corrected chi connectivity index (χ4v) is 1.89. The van der Waals surface area contributed by atoms with Crippen LogP contribution in [0.15, 0.2) is 52.8 Å². The molecule has 1 rings (SSSR count). The molecule has 0 aromatic heterocycles. The molecule has 0 aliphatic heterocycles. The third kappa shape index (κ3) is 6.43. The van der Waals surface area contributed by atoms with Crippen molar-refractivity contribution in [1.29, 1.82) is 0 Å². The number of hydrogen-bond acceptors (Lipinski definition) is 7. The van der Waals surface area contributed by atoms with E-state index in [4.69, 9.17) is 9.47 Å². The highest BCUT2D eigenvalue weighted by atomic mass is 16.5. The first-order valence-electron chi connectivity index (χ1n) is 8.15. The van der Waals surface area contributed by atoms with Gasteiger partial charge in [0.15, 0.2) is 5.70 Å². The molecule has 1 aromatic rings. The summed E-state index contributed by atoms with van der Waals surface area (Å²) in [6.45, 7) is 3.66. The Morgan fingerprint density at radius 1 is 1.08 bits per heavy atom. The highest BCUT2D eigenvalue weighted by molar-refractivity contribution is 6.15. The van der Waals surface area contributed by atoms with Crippen molar-refractivity contribution in [3.63, 3.8) is 0 Å². The maximum absolute atomic E-state index is 12.2. The first-order valence-corrected chi connectivity index (χ1v) is 8.15. The topological polar surface area (TPSA) is 88.4 Å². The van der Waals surface area contributed by atoms with Crippen LogP contribution in [0.25, 0.3) is 5.76 Å². The zero-order valence-electron chi connectivity index (χ0n) is 15.4. The zero-order valence-corrected chi connectivity index (χ0v) is 15.4. The Morgan fingerprint density at radius 2 is 1.65 bits per heavy atom. The van der Waals surface area contributed by atoms with Crippen molar-refractivity contribution in [2.75, 3.05) is 27.3 Å². The van der Waals surface area contributed by atoms with Crippen LogP contribution in [0.2, 0.25) is 0 Å². The molecule has 140 valence electrons. The number of aliphatic imine (C=N–C) groups is 1. The van der Waals surface area contributed by atoms with Crippen LogP contribution in [0.4, 0.5) is 0 Å². The van der Waals surface area contributed by atoms with E-state index in [-0.39, 0.29) is 30.2 Å². The smallest absolute Gasteiger partial charge is 0.358 e. The summed E-state index contributed by atoms with van der Waals surface area (Å²) in [5, 5.41) is 10.5. The van der Waals surface area contributed by atoms with Crippen molar-refractivity contribution in [2.45, 2.75) is 13.8 Å². The molecule has 26 heavy (non-hydrogen) atoms. The number of carbonyl (C=O) groups excluding carboxylic acids is 2. The van der Waals surface area contributed by atoms with Crippen LogP contribution in [0.3, 0.4) is 0 Å². The maximum Gasteiger partial charge on any atom is 0.358 e. The molecule has 0 saturated carbocycles. The molecule has 0 atom stereocenters. The number of ether oxygens (including phenoxy) is 2. The molecule has 0 aliphatic carbocycles.